The molecule has 1 aliphatic heterocycles. The maximum Gasteiger partial charge on any atom is 0.407 e. The van der Waals surface area contributed by atoms with Crippen LogP contribution < -0.4 is 0 Å². The summed E-state index contributed by atoms with van der Waals surface area (Å²) in [5.41, 5.74) is 0.972. The Morgan fingerprint density at radius 3 is 2.44 bits per heavy atom. The monoisotopic (exact) mass is 285 g/mol. The van der Waals surface area contributed by atoms with Crippen molar-refractivity contribution < 1.29 is 15.0 Å². The number of carbonyl (C=O) groups is 1. The van der Waals surface area contributed by atoms with E-state index in [-0.39, 0.29) is 12.5 Å². The second-order valence-electron chi connectivity index (χ2n) is 3.91. The number of likely N-dealkylation sites (tertiary alicyclic amines) is 1. The van der Waals surface area contributed by atoms with Gasteiger partial charge in [0.1, 0.15) is 0 Å². The number of rotatable bonds is 1. The summed E-state index contributed by atoms with van der Waals surface area (Å²) in [6.07, 6.45) is -1.59. The lowest BCUT2D eigenvalue weighted by molar-refractivity contribution is 0.138. The first-order chi connectivity index (χ1) is 7.58. The average molecular weight is 286 g/mol. The van der Waals surface area contributed by atoms with Gasteiger partial charge in [-0.1, -0.05) is 28.1 Å². The molecule has 0 aliphatic carbocycles. The Morgan fingerprint density at radius 2 is 1.94 bits per heavy atom. The smallest absolute Gasteiger partial charge is 0.407 e. The van der Waals surface area contributed by atoms with Crippen LogP contribution in [0.2, 0.25) is 0 Å². The molecule has 2 N–H and O–H groups in total. The SMILES string of the molecule is O=C(O)N1CC(O)C(c2ccc(Br)cc2)C1. The highest BCUT2D eigenvalue weighted by Gasteiger charge is 2.34. The molecule has 1 amide bonds. The molecule has 1 aromatic carbocycles. The van der Waals surface area contributed by atoms with Crippen LogP contribution in [0.3, 0.4) is 0 Å². The van der Waals surface area contributed by atoms with Crippen LogP contribution in [0.1, 0.15) is 11.5 Å². The molecule has 4 nitrogen and oxygen atoms in total. The summed E-state index contributed by atoms with van der Waals surface area (Å²) in [4.78, 5) is 12.0. The van der Waals surface area contributed by atoms with Crippen molar-refractivity contribution in [2.45, 2.75) is 12.0 Å². The Hall–Kier alpha value is -1.07. The molecule has 16 heavy (non-hydrogen) atoms. The molecular weight excluding hydrogens is 274 g/mol. The zero-order valence-corrected chi connectivity index (χ0v) is 10.1. The van der Waals surface area contributed by atoms with Crippen LogP contribution in [0, 0.1) is 0 Å². The van der Waals surface area contributed by atoms with Crippen molar-refractivity contribution in [2.75, 3.05) is 13.1 Å². The zero-order chi connectivity index (χ0) is 11.7. The minimum Gasteiger partial charge on any atom is -0.465 e. The van der Waals surface area contributed by atoms with Gasteiger partial charge in [-0.15, -0.1) is 0 Å². The van der Waals surface area contributed by atoms with Crippen LogP contribution in [0.25, 0.3) is 0 Å². The lowest BCUT2D eigenvalue weighted by Gasteiger charge is -2.13. The fourth-order valence-corrected chi connectivity index (χ4v) is 2.24. The number of β-amino-alcohol motifs (C(OH)–C–C–N with tert-alkyl or cyclic N) is 1. The molecule has 2 rings (SSSR count). The van der Waals surface area contributed by atoms with E-state index in [1.165, 1.54) is 4.90 Å². The highest BCUT2D eigenvalue weighted by Crippen LogP contribution is 2.28. The van der Waals surface area contributed by atoms with Gasteiger partial charge in [0, 0.05) is 16.9 Å². The van der Waals surface area contributed by atoms with Gasteiger partial charge in [0.05, 0.1) is 12.6 Å². The molecule has 2 atom stereocenters. The largest absolute Gasteiger partial charge is 0.465 e. The quantitative estimate of drug-likeness (QED) is 0.828. The first-order valence-electron chi connectivity index (χ1n) is 4.99. The van der Waals surface area contributed by atoms with Crippen molar-refractivity contribution in [3.05, 3.63) is 34.3 Å². The lowest BCUT2D eigenvalue weighted by atomic mass is 9.96. The van der Waals surface area contributed by atoms with E-state index in [1.807, 2.05) is 24.3 Å². The summed E-state index contributed by atoms with van der Waals surface area (Å²) < 4.78 is 0.971. The van der Waals surface area contributed by atoms with E-state index in [4.69, 9.17) is 5.11 Å². The molecule has 1 fully saturated rings. The van der Waals surface area contributed by atoms with E-state index in [0.717, 1.165) is 10.0 Å². The van der Waals surface area contributed by atoms with E-state index in [1.54, 1.807) is 0 Å². The summed E-state index contributed by atoms with van der Waals surface area (Å²) >= 11 is 3.34. The molecule has 0 aromatic heterocycles. The maximum absolute atomic E-state index is 10.8. The van der Waals surface area contributed by atoms with Gasteiger partial charge in [-0.25, -0.2) is 4.79 Å². The third-order valence-corrected chi connectivity index (χ3v) is 3.39. The molecule has 1 saturated heterocycles. The van der Waals surface area contributed by atoms with Gasteiger partial charge in [0.2, 0.25) is 0 Å². The number of hydrogen-bond acceptors (Lipinski definition) is 2. The Morgan fingerprint density at radius 1 is 1.31 bits per heavy atom. The van der Waals surface area contributed by atoms with Crippen molar-refractivity contribution in [3.63, 3.8) is 0 Å². The Bertz CT molecular complexity index is 393. The summed E-state index contributed by atoms with van der Waals surface area (Å²) in [6, 6.07) is 7.60. The van der Waals surface area contributed by atoms with E-state index in [0.29, 0.717) is 6.54 Å². The molecule has 0 spiro atoms. The Balaban J connectivity index is 2.16. The predicted octanol–water partition coefficient (Wildman–Crippen LogP) is 1.89. The zero-order valence-electron chi connectivity index (χ0n) is 8.51. The summed E-state index contributed by atoms with van der Waals surface area (Å²) in [6.45, 7) is 0.550. The van der Waals surface area contributed by atoms with Gasteiger partial charge in [-0.3, -0.25) is 0 Å². The van der Waals surface area contributed by atoms with Crippen molar-refractivity contribution in [2.24, 2.45) is 0 Å². The summed E-state index contributed by atoms with van der Waals surface area (Å²) in [7, 11) is 0. The van der Waals surface area contributed by atoms with Gasteiger partial charge in [0.25, 0.3) is 0 Å². The van der Waals surface area contributed by atoms with Gasteiger partial charge < -0.3 is 15.1 Å². The van der Waals surface area contributed by atoms with Crippen LogP contribution in [0.5, 0.6) is 0 Å². The third-order valence-electron chi connectivity index (χ3n) is 2.86. The van der Waals surface area contributed by atoms with Crippen molar-refractivity contribution in [3.8, 4) is 0 Å². The van der Waals surface area contributed by atoms with E-state index >= 15 is 0 Å². The first kappa shape index (κ1) is 11.4. The molecule has 1 aromatic rings. The van der Waals surface area contributed by atoms with Crippen molar-refractivity contribution >= 4 is 22.0 Å². The highest BCUT2D eigenvalue weighted by molar-refractivity contribution is 9.10. The molecule has 0 bridgehead atoms. The average Bonchev–Trinajstić information content (AvgIpc) is 2.62. The van der Waals surface area contributed by atoms with Gasteiger partial charge >= 0.3 is 6.09 Å². The molecular formula is C11H12BrNO3. The number of nitrogens with zero attached hydrogens (tertiary/aromatic N) is 1. The number of aliphatic hydroxyl groups excluding tert-OH is 1. The van der Waals surface area contributed by atoms with Crippen LogP contribution in [-0.2, 0) is 0 Å². The number of amides is 1. The Kier molecular flexibility index (Phi) is 3.16. The minimum atomic E-state index is -0.973. The van der Waals surface area contributed by atoms with Crippen molar-refractivity contribution in [1.82, 2.24) is 4.90 Å². The lowest BCUT2D eigenvalue weighted by Crippen LogP contribution is -2.27. The topological polar surface area (TPSA) is 60.8 Å². The number of carboxylic acid groups (broad SMARTS) is 1. The fraction of sp³-hybridized carbons (Fsp3) is 0.364. The number of hydrogen-bond donors (Lipinski definition) is 2. The number of aliphatic hydroxyl groups is 1. The number of halogens is 1. The van der Waals surface area contributed by atoms with Crippen LogP contribution >= 0.6 is 15.9 Å². The predicted molar refractivity (Wildman–Crippen MR) is 62.5 cm³/mol. The third kappa shape index (κ3) is 2.20. The Labute approximate surface area is 102 Å². The summed E-state index contributed by atoms with van der Waals surface area (Å²) in [5, 5.41) is 18.7. The number of benzene rings is 1. The van der Waals surface area contributed by atoms with Gasteiger partial charge in [-0.2, -0.15) is 0 Å². The molecule has 2 unspecified atom stereocenters. The first-order valence-corrected chi connectivity index (χ1v) is 5.78. The molecule has 0 radical (unpaired) electrons. The normalized spacial score (nSPS) is 24.8. The van der Waals surface area contributed by atoms with Crippen LogP contribution in [0.15, 0.2) is 28.7 Å². The molecule has 0 saturated carbocycles. The molecule has 1 aliphatic rings. The van der Waals surface area contributed by atoms with Crippen LogP contribution in [-0.4, -0.2) is 40.4 Å². The highest BCUT2D eigenvalue weighted by atomic mass is 79.9. The molecule has 1 heterocycles. The maximum atomic E-state index is 10.8. The standard InChI is InChI=1S/C11H12BrNO3/c12-8-3-1-7(2-4-8)9-5-13(11(15)16)6-10(9)14/h1-4,9-10,14H,5-6H2,(H,15,16). The second kappa shape index (κ2) is 4.43. The van der Waals surface area contributed by atoms with Gasteiger partial charge in [0.15, 0.2) is 0 Å². The van der Waals surface area contributed by atoms with Gasteiger partial charge in [-0.05, 0) is 17.7 Å². The minimum absolute atomic E-state index is 0.121. The van der Waals surface area contributed by atoms with Crippen molar-refractivity contribution in [1.29, 1.82) is 0 Å². The molecule has 5 heteroatoms. The van der Waals surface area contributed by atoms with Crippen LogP contribution in [0.4, 0.5) is 4.79 Å². The fourth-order valence-electron chi connectivity index (χ4n) is 1.98. The summed E-state index contributed by atoms with van der Waals surface area (Å²) in [5.74, 6) is -0.121. The van der Waals surface area contributed by atoms with E-state index in [9.17, 15) is 9.90 Å². The van der Waals surface area contributed by atoms with E-state index < -0.39 is 12.2 Å². The second-order valence-corrected chi connectivity index (χ2v) is 4.83. The van der Waals surface area contributed by atoms with E-state index in [2.05, 4.69) is 15.9 Å². The molecule has 86 valence electrons.